The predicted molar refractivity (Wildman–Crippen MR) is 177 cm³/mol. The fourth-order valence-electron chi connectivity index (χ4n) is 5.67. The Bertz CT molecular complexity index is 2340. The maximum atomic E-state index is 6.36. The third kappa shape index (κ3) is 5.33. The van der Waals surface area contributed by atoms with Crippen molar-refractivity contribution in [1.82, 2.24) is 9.97 Å². The van der Waals surface area contributed by atoms with Crippen LogP contribution < -0.4 is 0 Å². The second-order valence-corrected chi connectivity index (χ2v) is 10.4. The third-order valence-corrected chi connectivity index (χ3v) is 7.70. The number of hydrogen-bond donors (Lipinski definition) is 0. The number of pyridine rings is 2. The molecule has 1 radical (unpaired) electrons. The quantitative estimate of drug-likeness (QED) is 0.169. The van der Waals surface area contributed by atoms with Gasteiger partial charge in [0.1, 0.15) is 11.2 Å². The third-order valence-electron chi connectivity index (χ3n) is 7.70. The zero-order valence-electron chi connectivity index (χ0n) is 23.9. The molecule has 0 unspecified atom stereocenters. The van der Waals surface area contributed by atoms with Crippen molar-refractivity contribution in [2.75, 3.05) is 0 Å². The van der Waals surface area contributed by atoms with Gasteiger partial charge in [-0.05, 0) is 52.8 Å². The van der Waals surface area contributed by atoms with Gasteiger partial charge in [0.25, 0.3) is 0 Å². The molecule has 9 rings (SSSR count). The van der Waals surface area contributed by atoms with E-state index in [0.29, 0.717) is 0 Å². The largest absolute Gasteiger partial charge is 0.452 e. The summed E-state index contributed by atoms with van der Waals surface area (Å²) in [4.78, 5) is 8.81. The molecule has 217 valence electrons. The molecular formula is C40H24IrN2O2-2. The van der Waals surface area contributed by atoms with Crippen LogP contribution in [0.2, 0.25) is 0 Å². The van der Waals surface area contributed by atoms with Crippen molar-refractivity contribution in [3.63, 3.8) is 0 Å². The zero-order chi connectivity index (χ0) is 29.3. The average molecular weight is 757 g/mol. The first-order chi connectivity index (χ1) is 21.8. The molecule has 0 aliphatic rings. The van der Waals surface area contributed by atoms with Gasteiger partial charge in [-0.25, -0.2) is 0 Å². The van der Waals surface area contributed by atoms with Crippen molar-refractivity contribution in [3.8, 4) is 33.6 Å². The summed E-state index contributed by atoms with van der Waals surface area (Å²) in [6.45, 7) is 0. The molecule has 0 fully saturated rings. The Labute approximate surface area is 273 Å². The van der Waals surface area contributed by atoms with E-state index in [2.05, 4.69) is 52.4 Å². The monoisotopic (exact) mass is 757 g/mol. The van der Waals surface area contributed by atoms with Crippen molar-refractivity contribution in [2.24, 2.45) is 0 Å². The molecule has 0 spiro atoms. The van der Waals surface area contributed by atoms with Gasteiger partial charge in [-0.2, -0.15) is 0 Å². The zero-order valence-corrected chi connectivity index (χ0v) is 26.3. The average Bonchev–Trinajstić information content (AvgIpc) is 3.69. The summed E-state index contributed by atoms with van der Waals surface area (Å²) in [6, 6.07) is 50.7. The van der Waals surface area contributed by atoms with Crippen LogP contribution in [-0.2, 0) is 20.1 Å². The molecule has 0 aliphatic heterocycles. The molecule has 4 heterocycles. The molecule has 0 atom stereocenters. The molecule has 0 bridgehead atoms. The summed E-state index contributed by atoms with van der Waals surface area (Å²) in [5.41, 5.74) is 9.32. The number of aromatic nitrogens is 2. The fourth-order valence-corrected chi connectivity index (χ4v) is 5.67. The number of hydrogen-bond acceptors (Lipinski definition) is 4. The second kappa shape index (κ2) is 12.3. The topological polar surface area (TPSA) is 52.1 Å². The predicted octanol–water partition coefficient (Wildman–Crippen LogP) is 10.6. The summed E-state index contributed by atoms with van der Waals surface area (Å²) < 4.78 is 12.6. The number of benzene rings is 5. The second-order valence-electron chi connectivity index (χ2n) is 10.4. The molecule has 0 aliphatic carbocycles. The van der Waals surface area contributed by atoms with Crippen molar-refractivity contribution in [3.05, 3.63) is 158 Å². The number of fused-ring (bicyclic) bond motifs is 7. The molecule has 9 aromatic rings. The number of nitrogens with zero attached hydrogens (tertiary/aromatic N) is 2. The molecule has 45 heavy (non-hydrogen) atoms. The van der Waals surface area contributed by atoms with Crippen LogP contribution in [0, 0.1) is 12.1 Å². The van der Waals surface area contributed by atoms with Crippen LogP contribution in [0.5, 0.6) is 0 Å². The summed E-state index contributed by atoms with van der Waals surface area (Å²) in [7, 11) is 0. The van der Waals surface area contributed by atoms with E-state index in [0.717, 1.165) is 77.5 Å². The minimum absolute atomic E-state index is 0. The van der Waals surface area contributed by atoms with Crippen LogP contribution in [0.1, 0.15) is 0 Å². The Kier molecular flexibility index (Phi) is 7.79. The summed E-state index contributed by atoms with van der Waals surface area (Å²) >= 11 is 0. The van der Waals surface area contributed by atoms with Crippen LogP contribution in [0.4, 0.5) is 0 Å². The number of para-hydroxylation sites is 2. The molecule has 4 nitrogen and oxygen atoms in total. The maximum Gasteiger partial charge on any atom is 0.179 e. The molecule has 0 saturated heterocycles. The van der Waals surface area contributed by atoms with Gasteiger partial charge >= 0.3 is 0 Å². The van der Waals surface area contributed by atoms with Gasteiger partial charge in [0.05, 0.1) is 0 Å². The Balaban J connectivity index is 0.000000211. The molecular weight excluding hydrogens is 733 g/mol. The van der Waals surface area contributed by atoms with E-state index < -0.39 is 0 Å². The van der Waals surface area contributed by atoms with Crippen LogP contribution in [0.25, 0.3) is 77.5 Å². The summed E-state index contributed by atoms with van der Waals surface area (Å²) in [6.07, 6.45) is 3.65. The van der Waals surface area contributed by atoms with Crippen LogP contribution in [0.3, 0.4) is 0 Å². The Morgan fingerprint density at radius 1 is 0.489 bits per heavy atom. The van der Waals surface area contributed by atoms with Gasteiger partial charge in [0, 0.05) is 54.0 Å². The molecule has 0 N–H and O–H groups in total. The first kappa shape index (κ1) is 28.4. The van der Waals surface area contributed by atoms with E-state index >= 15 is 0 Å². The summed E-state index contributed by atoms with van der Waals surface area (Å²) in [5, 5.41) is 4.26. The van der Waals surface area contributed by atoms with Crippen molar-refractivity contribution < 1.29 is 28.9 Å². The molecule has 4 aromatic heterocycles. The van der Waals surface area contributed by atoms with Crippen molar-refractivity contribution >= 4 is 43.9 Å². The van der Waals surface area contributed by atoms with E-state index in [1.165, 1.54) is 0 Å². The first-order valence-corrected chi connectivity index (χ1v) is 14.4. The van der Waals surface area contributed by atoms with Crippen LogP contribution in [0.15, 0.2) is 155 Å². The number of rotatable bonds is 3. The normalized spacial score (nSPS) is 10.9. The molecule has 0 saturated carbocycles. The van der Waals surface area contributed by atoms with E-state index in [4.69, 9.17) is 8.83 Å². The standard InChI is InChI=1S/C29H16NO2.C11H8N.Ir/c1-2-8-18(9-3-1)24-16-19(14-15-30-24)22-17-23-20-10-4-6-12-25(20)31-28(23)29-27(22)21-11-5-7-13-26(21)32-29;1-2-6-10(7-3-1)11-8-4-5-9-12-11;/h1-8,10-17H;1-6,8-9H;/q2*-1;. The molecule has 0 amide bonds. The van der Waals surface area contributed by atoms with Gasteiger partial charge in [-0.15, -0.1) is 71.8 Å². The van der Waals surface area contributed by atoms with Gasteiger partial charge < -0.3 is 18.8 Å². The van der Waals surface area contributed by atoms with Gasteiger partial charge in [0.15, 0.2) is 11.2 Å². The Morgan fingerprint density at radius 2 is 1.11 bits per heavy atom. The van der Waals surface area contributed by atoms with Crippen molar-refractivity contribution in [2.45, 2.75) is 0 Å². The minimum Gasteiger partial charge on any atom is -0.452 e. The van der Waals surface area contributed by atoms with E-state index in [-0.39, 0.29) is 20.1 Å². The number of furan rings is 2. The SMILES string of the molecule is [Ir].[c-]1ccccc1-c1cc(-c2cc3c4ccccc4oc3c3oc4ccccc4c23)ccn1.[c-]1ccccc1-c1ccccn1. The minimum atomic E-state index is 0. The van der Waals surface area contributed by atoms with Crippen LogP contribution in [-0.4, -0.2) is 9.97 Å². The van der Waals surface area contributed by atoms with E-state index in [1.54, 1.807) is 6.20 Å². The van der Waals surface area contributed by atoms with Crippen LogP contribution >= 0.6 is 0 Å². The maximum absolute atomic E-state index is 6.36. The van der Waals surface area contributed by atoms with Gasteiger partial charge in [-0.1, -0.05) is 54.6 Å². The van der Waals surface area contributed by atoms with Gasteiger partial charge in [-0.3, -0.25) is 0 Å². The van der Waals surface area contributed by atoms with Crippen molar-refractivity contribution in [1.29, 1.82) is 0 Å². The smallest absolute Gasteiger partial charge is 0.179 e. The van der Waals surface area contributed by atoms with E-state index in [9.17, 15) is 0 Å². The molecule has 5 heteroatoms. The fraction of sp³-hybridized carbons (Fsp3) is 0. The first-order valence-electron chi connectivity index (χ1n) is 14.4. The summed E-state index contributed by atoms with van der Waals surface area (Å²) in [5.74, 6) is 0. The Hall–Kier alpha value is -5.35. The van der Waals surface area contributed by atoms with E-state index in [1.807, 2.05) is 109 Å². The Morgan fingerprint density at radius 3 is 1.82 bits per heavy atom. The van der Waals surface area contributed by atoms with Gasteiger partial charge in [0.2, 0.25) is 0 Å². The molecule has 5 aromatic carbocycles.